The van der Waals surface area contributed by atoms with E-state index in [-0.39, 0.29) is 29.7 Å². The van der Waals surface area contributed by atoms with Gasteiger partial charge in [-0.1, -0.05) is 27.7 Å². The van der Waals surface area contributed by atoms with Crippen molar-refractivity contribution in [2.75, 3.05) is 6.61 Å². The minimum Gasteiger partial charge on any atom is -0.477 e. The van der Waals surface area contributed by atoms with E-state index in [9.17, 15) is 14.7 Å². The third-order valence-corrected chi connectivity index (χ3v) is 7.77. The first kappa shape index (κ1) is 26.7. The summed E-state index contributed by atoms with van der Waals surface area (Å²) in [5.41, 5.74) is -0.707. The summed E-state index contributed by atoms with van der Waals surface area (Å²) in [6, 6.07) is 0.0845. The fourth-order valence-electron chi connectivity index (χ4n) is 6.53. The van der Waals surface area contributed by atoms with Crippen molar-refractivity contribution in [1.29, 1.82) is 0 Å². The average Bonchev–Trinajstić information content (AvgIpc) is 3.14. The molecule has 4 bridgehead atoms. The molecule has 4 aliphatic rings. The maximum Gasteiger partial charge on any atom is 0.258 e. The van der Waals surface area contributed by atoms with Gasteiger partial charge in [0.25, 0.3) is 5.91 Å². The van der Waals surface area contributed by atoms with Crippen LogP contribution in [0.5, 0.6) is 5.88 Å². The first-order valence-corrected chi connectivity index (χ1v) is 13.6. The van der Waals surface area contributed by atoms with Crippen molar-refractivity contribution in [3.63, 3.8) is 0 Å². The van der Waals surface area contributed by atoms with E-state index < -0.39 is 11.1 Å². The highest BCUT2D eigenvalue weighted by Crippen LogP contribution is 2.55. The van der Waals surface area contributed by atoms with E-state index in [4.69, 9.17) is 4.74 Å². The zero-order valence-corrected chi connectivity index (χ0v) is 22.7. The minimum absolute atomic E-state index is 0.00297. The lowest BCUT2D eigenvalue weighted by molar-refractivity contribution is -0.137. The van der Waals surface area contributed by atoms with E-state index in [1.807, 2.05) is 33.8 Å². The smallest absolute Gasteiger partial charge is 0.258 e. The Morgan fingerprint density at radius 1 is 1.19 bits per heavy atom. The Bertz CT molecular complexity index is 980. The van der Waals surface area contributed by atoms with Crippen molar-refractivity contribution in [2.45, 2.75) is 97.2 Å². The molecule has 0 saturated heterocycles. The van der Waals surface area contributed by atoms with Crippen LogP contribution in [0.1, 0.15) is 90.4 Å². The molecule has 8 heteroatoms. The van der Waals surface area contributed by atoms with Crippen LogP contribution in [0.3, 0.4) is 0 Å². The van der Waals surface area contributed by atoms with Gasteiger partial charge in [0.15, 0.2) is 0 Å². The van der Waals surface area contributed by atoms with Crippen LogP contribution >= 0.6 is 0 Å². The molecule has 0 aliphatic heterocycles. The molecule has 1 heterocycles. The van der Waals surface area contributed by atoms with Gasteiger partial charge in [0, 0.05) is 18.7 Å². The molecule has 4 saturated carbocycles. The van der Waals surface area contributed by atoms with Gasteiger partial charge in [-0.05, 0) is 81.6 Å². The second-order valence-corrected chi connectivity index (χ2v) is 12.9. The summed E-state index contributed by atoms with van der Waals surface area (Å²) in [5.74, 6) is 2.03. The summed E-state index contributed by atoms with van der Waals surface area (Å²) in [7, 11) is 0. The first-order chi connectivity index (χ1) is 16.8. The maximum absolute atomic E-state index is 13.5. The van der Waals surface area contributed by atoms with Crippen molar-refractivity contribution in [2.24, 2.45) is 29.6 Å². The van der Waals surface area contributed by atoms with Gasteiger partial charge in [-0.2, -0.15) is 5.10 Å². The fourth-order valence-corrected chi connectivity index (χ4v) is 6.53. The van der Waals surface area contributed by atoms with Crippen LogP contribution in [0.25, 0.3) is 6.20 Å². The lowest BCUT2D eigenvalue weighted by Crippen LogP contribution is -2.61. The molecule has 0 aromatic carbocycles. The topological polar surface area (TPSA) is 105 Å². The van der Waals surface area contributed by atoms with E-state index in [1.54, 1.807) is 17.1 Å². The van der Waals surface area contributed by atoms with E-state index in [0.29, 0.717) is 42.2 Å². The number of hydrogen-bond donors (Lipinski definition) is 3. The molecule has 2 amide bonds. The molecular formula is C28H44N4O4. The predicted molar refractivity (Wildman–Crippen MR) is 139 cm³/mol. The summed E-state index contributed by atoms with van der Waals surface area (Å²) in [4.78, 5) is 25.7. The maximum atomic E-state index is 13.5. The molecule has 4 aliphatic carbocycles. The number of carbonyl (C=O) groups excluding carboxylic acids is 2. The highest BCUT2D eigenvalue weighted by atomic mass is 16.5. The molecule has 0 radical (unpaired) electrons. The van der Waals surface area contributed by atoms with Crippen LogP contribution in [-0.2, 0) is 4.79 Å². The highest BCUT2D eigenvalue weighted by molar-refractivity contribution is 5.96. The number of aromatic nitrogens is 2. The number of hydrogen-bond acceptors (Lipinski definition) is 5. The summed E-state index contributed by atoms with van der Waals surface area (Å²) >= 11 is 0. The van der Waals surface area contributed by atoms with Gasteiger partial charge in [0.1, 0.15) is 5.56 Å². The van der Waals surface area contributed by atoms with Crippen molar-refractivity contribution >= 4 is 18.0 Å². The third-order valence-electron chi connectivity index (χ3n) is 7.77. The monoisotopic (exact) mass is 500 g/mol. The van der Waals surface area contributed by atoms with Gasteiger partial charge in [0.2, 0.25) is 11.8 Å². The first-order valence-electron chi connectivity index (χ1n) is 13.6. The zero-order valence-electron chi connectivity index (χ0n) is 22.7. The van der Waals surface area contributed by atoms with Crippen LogP contribution in [0.2, 0.25) is 0 Å². The van der Waals surface area contributed by atoms with Crippen LogP contribution in [-0.4, -0.2) is 50.5 Å². The summed E-state index contributed by atoms with van der Waals surface area (Å²) < 4.78 is 7.65. The fraction of sp³-hybridized carbons (Fsp3) is 0.750. The number of amides is 2. The highest BCUT2D eigenvalue weighted by Gasteiger charge is 2.55. The van der Waals surface area contributed by atoms with Gasteiger partial charge in [-0.3, -0.25) is 9.59 Å². The van der Waals surface area contributed by atoms with Gasteiger partial charge < -0.3 is 20.5 Å². The molecule has 200 valence electrons. The lowest BCUT2D eigenvalue weighted by atomic mass is 9.52. The van der Waals surface area contributed by atoms with Gasteiger partial charge >= 0.3 is 0 Å². The molecule has 3 N–H and O–H groups in total. The van der Waals surface area contributed by atoms with Crippen molar-refractivity contribution < 1.29 is 19.4 Å². The molecule has 8 nitrogen and oxygen atoms in total. The van der Waals surface area contributed by atoms with Crippen molar-refractivity contribution in [3.05, 3.63) is 17.8 Å². The van der Waals surface area contributed by atoms with E-state index >= 15 is 0 Å². The molecule has 36 heavy (non-hydrogen) atoms. The molecule has 0 spiro atoms. The van der Waals surface area contributed by atoms with E-state index in [0.717, 1.165) is 32.1 Å². The molecule has 5 rings (SSSR count). The quantitative estimate of drug-likeness (QED) is 0.450. The van der Waals surface area contributed by atoms with Crippen LogP contribution in [0.4, 0.5) is 0 Å². The molecule has 1 aromatic heterocycles. The predicted octanol–water partition coefficient (Wildman–Crippen LogP) is 4.00. The van der Waals surface area contributed by atoms with Gasteiger partial charge in [-0.15, -0.1) is 0 Å². The summed E-state index contributed by atoms with van der Waals surface area (Å²) in [5, 5.41) is 21.6. The number of nitrogens with one attached hydrogen (secondary N) is 2. The standard InChI is InChI=1S/C28H44N4O4/c1-17(2)9-23(33)31-27(5,6)7-8-32-26(36-16-18(3)4)22(15-29-32)25(34)30-24-20-10-19-11-21(24)14-28(35,12-19)13-20/h7-8,15,17-21,24,35H,9-14,16H2,1-6H3,(H,30,34)(H,31,33)/b8-7+. The second-order valence-electron chi connectivity index (χ2n) is 12.9. The largest absolute Gasteiger partial charge is 0.477 e. The molecule has 2 unspecified atom stereocenters. The molecule has 4 fully saturated rings. The number of aliphatic hydroxyl groups is 1. The van der Waals surface area contributed by atoms with Gasteiger partial charge in [0.05, 0.1) is 23.9 Å². The number of rotatable bonds is 10. The normalized spacial score (nSPS) is 29.4. The van der Waals surface area contributed by atoms with Crippen molar-refractivity contribution in [1.82, 2.24) is 20.4 Å². The second kappa shape index (κ2) is 10.2. The van der Waals surface area contributed by atoms with Gasteiger partial charge in [-0.25, -0.2) is 4.68 Å². The Morgan fingerprint density at radius 2 is 1.86 bits per heavy atom. The Labute approximate surface area is 215 Å². The Kier molecular flexibility index (Phi) is 7.56. The Hall–Kier alpha value is -2.35. The minimum atomic E-state index is -0.587. The zero-order chi connectivity index (χ0) is 26.3. The molecule has 2 atom stereocenters. The van der Waals surface area contributed by atoms with Crippen LogP contribution in [0.15, 0.2) is 12.3 Å². The van der Waals surface area contributed by atoms with Crippen LogP contribution in [0, 0.1) is 29.6 Å². The number of ether oxygens (including phenoxy) is 1. The molecule has 1 aromatic rings. The third kappa shape index (κ3) is 6.13. The Balaban J connectivity index is 1.49. The molecular weight excluding hydrogens is 456 g/mol. The van der Waals surface area contributed by atoms with E-state index in [1.165, 1.54) is 0 Å². The number of carbonyl (C=O) groups is 2. The average molecular weight is 501 g/mol. The summed E-state index contributed by atoms with van der Waals surface area (Å²) in [6.45, 7) is 12.5. The lowest BCUT2D eigenvalue weighted by Gasteiger charge is -2.58. The Morgan fingerprint density at radius 3 is 2.44 bits per heavy atom. The van der Waals surface area contributed by atoms with E-state index in [2.05, 4.69) is 29.6 Å². The van der Waals surface area contributed by atoms with Crippen LogP contribution < -0.4 is 15.4 Å². The number of nitrogens with zero attached hydrogens (tertiary/aromatic N) is 2. The summed E-state index contributed by atoms with van der Waals surface area (Å²) in [6.07, 6.45) is 10.3. The SMILES string of the molecule is CC(C)COc1c(C(=O)NC2C3CC4CC2CC(O)(C4)C3)cnn1/C=C/C(C)(C)NC(=O)CC(C)C. The van der Waals surface area contributed by atoms with Crippen molar-refractivity contribution in [3.8, 4) is 5.88 Å².